The standard InChI is InChI=1S/C13H18F2N2O2/c1-9(3-2-8-16)12(18)17-10-4-6-11(7-5-10)19-13(14)15/h4-7,9,13H,2-3,8,16H2,1H3,(H,17,18). The van der Waals surface area contributed by atoms with Crippen LogP contribution in [0.1, 0.15) is 19.8 Å². The number of nitrogens with two attached hydrogens (primary N) is 1. The Kier molecular flexibility index (Phi) is 6.21. The fraction of sp³-hybridized carbons (Fsp3) is 0.462. The minimum atomic E-state index is -2.85. The van der Waals surface area contributed by atoms with Crippen molar-refractivity contribution in [1.29, 1.82) is 0 Å². The van der Waals surface area contributed by atoms with Crippen LogP contribution in [0.4, 0.5) is 14.5 Å². The van der Waals surface area contributed by atoms with Gasteiger partial charge in [-0.15, -0.1) is 0 Å². The second-order valence-electron chi connectivity index (χ2n) is 4.22. The van der Waals surface area contributed by atoms with E-state index in [4.69, 9.17) is 5.73 Å². The van der Waals surface area contributed by atoms with Gasteiger partial charge in [-0.2, -0.15) is 8.78 Å². The molecule has 1 unspecified atom stereocenters. The molecule has 6 heteroatoms. The highest BCUT2D eigenvalue weighted by molar-refractivity contribution is 5.92. The minimum absolute atomic E-state index is 0.0594. The molecule has 19 heavy (non-hydrogen) atoms. The summed E-state index contributed by atoms with van der Waals surface area (Å²) in [7, 11) is 0. The quantitative estimate of drug-likeness (QED) is 0.802. The zero-order chi connectivity index (χ0) is 14.3. The van der Waals surface area contributed by atoms with E-state index < -0.39 is 6.61 Å². The first kappa shape index (κ1) is 15.4. The molecule has 0 aromatic heterocycles. The monoisotopic (exact) mass is 272 g/mol. The van der Waals surface area contributed by atoms with Crippen molar-refractivity contribution >= 4 is 11.6 Å². The Hall–Kier alpha value is -1.69. The van der Waals surface area contributed by atoms with Crippen molar-refractivity contribution in [2.24, 2.45) is 11.7 Å². The SMILES string of the molecule is CC(CCCN)C(=O)Nc1ccc(OC(F)F)cc1. The highest BCUT2D eigenvalue weighted by Gasteiger charge is 2.12. The first-order chi connectivity index (χ1) is 9.02. The smallest absolute Gasteiger partial charge is 0.387 e. The fourth-order valence-electron chi connectivity index (χ4n) is 1.54. The third kappa shape index (κ3) is 5.65. The van der Waals surface area contributed by atoms with Crippen LogP contribution in [0.5, 0.6) is 5.75 Å². The highest BCUT2D eigenvalue weighted by atomic mass is 19.3. The number of hydrogen-bond acceptors (Lipinski definition) is 3. The van der Waals surface area contributed by atoms with Crippen molar-refractivity contribution in [2.75, 3.05) is 11.9 Å². The molecule has 0 saturated carbocycles. The summed E-state index contributed by atoms with van der Waals surface area (Å²) < 4.78 is 28.1. The van der Waals surface area contributed by atoms with Gasteiger partial charge in [0.25, 0.3) is 0 Å². The van der Waals surface area contributed by atoms with Crippen molar-refractivity contribution < 1.29 is 18.3 Å². The van der Waals surface area contributed by atoms with Crippen LogP contribution in [-0.4, -0.2) is 19.1 Å². The summed E-state index contributed by atoms with van der Waals surface area (Å²) in [6.07, 6.45) is 1.50. The Morgan fingerprint density at radius 3 is 2.53 bits per heavy atom. The van der Waals surface area contributed by atoms with Crippen LogP contribution in [0.2, 0.25) is 0 Å². The lowest BCUT2D eigenvalue weighted by molar-refractivity contribution is -0.119. The van der Waals surface area contributed by atoms with Crippen molar-refractivity contribution in [3.8, 4) is 5.75 Å². The van der Waals surface area contributed by atoms with Gasteiger partial charge in [0, 0.05) is 11.6 Å². The van der Waals surface area contributed by atoms with Gasteiger partial charge in [-0.3, -0.25) is 4.79 Å². The molecule has 106 valence electrons. The molecule has 1 rings (SSSR count). The van der Waals surface area contributed by atoms with Gasteiger partial charge in [0.2, 0.25) is 5.91 Å². The average Bonchev–Trinajstić information content (AvgIpc) is 2.37. The predicted octanol–water partition coefficient (Wildman–Crippen LogP) is 2.60. The molecule has 3 N–H and O–H groups in total. The topological polar surface area (TPSA) is 64.4 Å². The lowest BCUT2D eigenvalue weighted by Gasteiger charge is -2.12. The molecule has 0 bridgehead atoms. The maximum Gasteiger partial charge on any atom is 0.387 e. The van der Waals surface area contributed by atoms with Gasteiger partial charge in [0.05, 0.1) is 0 Å². The van der Waals surface area contributed by atoms with Crippen molar-refractivity contribution in [1.82, 2.24) is 0 Å². The summed E-state index contributed by atoms with van der Waals surface area (Å²) in [5.41, 5.74) is 5.93. The molecule has 4 nitrogen and oxygen atoms in total. The lowest BCUT2D eigenvalue weighted by Crippen LogP contribution is -2.21. The number of amides is 1. The molecule has 0 radical (unpaired) electrons. The molecule has 0 saturated heterocycles. The van der Waals surface area contributed by atoms with E-state index in [9.17, 15) is 13.6 Å². The summed E-state index contributed by atoms with van der Waals surface area (Å²) in [5.74, 6) is -0.194. The molecule has 1 aromatic rings. The Bertz CT molecular complexity index is 396. The average molecular weight is 272 g/mol. The molecule has 0 aliphatic heterocycles. The number of nitrogens with one attached hydrogen (secondary N) is 1. The van der Waals surface area contributed by atoms with E-state index in [-0.39, 0.29) is 17.6 Å². The van der Waals surface area contributed by atoms with Crippen LogP contribution < -0.4 is 15.8 Å². The number of rotatable bonds is 7. The van der Waals surface area contributed by atoms with Crippen LogP contribution in [0.15, 0.2) is 24.3 Å². The van der Waals surface area contributed by atoms with E-state index >= 15 is 0 Å². The minimum Gasteiger partial charge on any atom is -0.435 e. The van der Waals surface area contributed by atoms with Crippen LogP contribution in [0, 0.1) is 5.92 Å². The molecular weight excluding hydrogens is 254 g/mol. The van der Waals surface area contributed by atoms with Crippen molar-refractivity contribution in [3.63, 3.8) is 0 Å². The van der Waals surface area contributed by atoms with E-state index in [2.05, 4.69) is 10.1 Å². The first-order valence-corrected chi connectivity index (χ1v) is 6.08. The van der Waals surface area contributed by atoms with Crippen molar-refractivity contribution in [3.05, 3.63) is 24.3 Å². The second kappa shape index (κ2) is 7.68. The lowest BCUT2D eigenvalue weighted by atomic mass is 10.0. The van der Waals surface area contributed by atoms with E-state index in [1.165, 1.54) is 24.3 Å². The zero-order valence-corrected chi connectivity index (χ0v) is 10.7. The van der Waals surface area contributed by atoms with Gasteiger partial charge in [0.1, 0.15) is 5.75 Å². The highest BCUT2D eigenvalue weighted by Crippen LogP contribution is 2.18. The van der Waals surface area contributed by atoms with Gasteiger partial charge in [-0.1, -0.05) is 6.92 Å². The van der Waals surface area contributed by atoms with Gasteiger partial charge in [0.15, 0.2) is 0 Å². The van der Waals surface area contributed by atoms with E-state index in [1.54, 1.807) is 0 Å². The van der Waals surface area contributed by atoms with E-state index in [0.29, 0.717) is 12.2 Å². The summed E-state index contributed by atoms with van der Waals surface area (Å²) in [6, 6.07) is 5.80. The summed E-state index contributed by atoms with van der Waals surface area (Å²) in [4.78, 5) is 11.8. The number of hydrogen-bond donors (Lipinski definition) is 2. The number of benzene rings is 1. The third-order valence-corrected chi connectivity index (χ3v) is 2.64. The van der Waals surface area contributed by atoms with Gasteiger partial charge < -0.3 is 15.8 Å². The first-order valence-electron chi connectivity index (χ1n) is 6.08. The van der Waals surface area contributed by atoms with Crippen LogP contribution in [0.25, 0.3) is 0 Å². The van der Waals surface area contributed by atoms with Crippen LogP contribution >= 0.6 is 0 Å². The summed E-state index contributed by atoms with van der Waals surface area (Å²) >= 11 is 0. The molecule has 1 atom stereocenters. The third-order valence-electron chi connectivity index (χ3n) is 2.64. The van der Waals surface area contributed by atoms with Gasteiger partial charge >= 0.3 is 6.61 Å². The number of ether oxygens (including phenoxy) is 1. The molecule has 1 aromatic carbocycles. The van der Waals surface area contributed by atoms with Gasteiger partial charge in [-0.25, -0.2) is 0 Å². The molecule has 0 spiro atoms. The summed E-state index contributed by atoms with van der Waals surface area (Å²) in [5, 5.41) is 2.71. The molecular formula is C13H18F2N2O2. The number of halogens is 2. The zero-order valence-electron chi connectivity index (χ0n) is 10.7. The Labute approximate surface area is 110 Å². The molecule has 0 aliphatic carbocycles. The van der Waals surface area contributed by atoms with Gasteiger partial charge in [-0.05, 0) is 43.7 Å². The number of anilines is 1. The van der Waals surface area contributed by atoms with Crippen LogP contribution in [0.3, 0.4) is 0 Å². The molecule has 1 amide bonds. The number of alkyl halides is 2. The largest absolute Gasteiger partial charge is 0.435 e. The maximum absolute atomic E-state index is 12.0. The summed E-state index contributed by atoms with van der Waals surface area (Å²) in [6.45, 7) is -0.479. The van der Waals surface area contributed by atoms with Crippen LogP contribution in [-0.2, 0) is 4.79 Å². The molecule has 0 aliphatic rings. The Morgan fingerprint density at radius 2 is 2.00 bits per heavy atom. The normalized spacial score (nSPS) is 12.3. The fourth-order valence-corrected chi connectivity index (χ4v) is 1.54. The van der Waals surface area contributed by atoms with E-state index in [0.717, 1.165) is 12.8 Å². The molecule has 0 heterocycles. The molecule has 0 fully saturated rings. The maximum atomic E-state index is 12.0. The number of carbonyl (C=O) groups is 1. The second-order valence-corrected chi connectivity index (χ2v) is 4.22. The Balaban J connectivity index is 2.50. The van der Waals surface area contributed by atoms with E-state index in [1.807, 2.05) is 6.92 Å². The number of carbonyl (C=O) groups excluding carboxylic acids is 1. The Morgan fingerprint density at radius 1 is 1.37 bits per heavy atom. The van der Waals surface area contributed by atoms with Crippen molar-refractivity contribution in [2.45, 2.75) is 26.4 Å². The predicted molar refractivity (Wildman–Crippen MR) is 69.2 cm³/mol.